The Balaban J connectivity index is 2.15. The number of carbonyl (C=O) groups is 1. The van der Waals surface area contributed by atoms with Crippen molar-refractivity contribution in [1.29, 1.82) is 0 Å². The fourth-order valence-corrected chi connectivity index (χ4v) is 3.04. The van der Waals surface area contributed by atoms with E-state index in [2.05, 4.69) is 20.8 Å². The molecule has 2 rings (SSSR count). The highest BCUT2D eigenvalue weighted by Crippen LogP contribution is 2.23. The predicted octanol–water partition coefficient (Wildman–Crippen LogP) is 3.30. The number of likely N-dealkylation sites (tertiary alicyclic amines) is 1. The number of nitrogen functional groups attached to an aromatic ring is 1. The van der Waals surface area contributed by atoms with Crippen LogP contribution in [0.1, 0.15) is 63.0 Å². The minimum atomic E-state index is 0.132. The van der Waals surface area contributed by atoms with Crippen LogP contribution in [0.5, 0.6) is 0 Å². The summed E-state index contributed by atoms with van der Waals surface area (Å²) in [7, 11) is 0. The van der Waals surface area contributed by atoms with Crippen LogP contribution >= 0.6 is 0 Å². The molecule has 0 aromatic carbocycles. The van der Waals surface area contributed by atoms with E-state index in [1.807, 2.05) is 21.7 Å². The average Bonchev–Trinajstić information content (AvgIpc) is 2.67. The lowest BCUT2D eigenvalue weighted by molar-refractivity contribution is 0.0747. The normalized spacial score (nSPS) is 20.2. The topological polar surface area (TPSA) is 51.3 Å². The van der Waals surface area contributed by atoms with Crippen LogP contribution in [-0.2, 0) is 0 Å². The van der Waals surface area contributed by atoms with E-state index in [9.17, 15) is 4.79 Å². The predicted molar refractivity (Wildman–Crippen MR) is 82.8 cm³/mol. The van der Waals surface area contributed by atoms with Gasteiger partial charge in [-0.15, -0.1) is 0 Å². The van der Waals surface area contributed by atoms with E-state index in [4.69, 9.17) is 5.73 Å². The summed E-state index contributed by atoms with van der Waals surface area (Å²) in [5.41, 5.74) is 7.27. The summed E-state index contributed by atoms with van der Waals surface area (Å²) in [6.45, 7) is 8.14. The molecule has 0 aliphatic carbocycles. The Kier molecular flexibility index (Phi) is 4.73. The Morgan fingerprint density at radius 2 is 2.15 bits per heavy atom. The molecule has 0 spiro atoms. The highest BCUT2D eigenvalue weighted by molar-refractivity contribution is 5.94. The van der Waals surface area contributed by atoms with Crippen LogP contribution in [0.3, 0.4) is 0 Å². The Morgan fingerprint density at radius 1 is 1.40 bits per heavy atom. The summed E-state index contributed by atoms with van der Waals surface area (Å²) in [6.07, 6.45) is 6.57. The van der Waals surface area contributed by atoms with Crippen molar-refractivity contribution < 1.29 is 4.79 Å². The minimum absolute atomic E-state index is 0.132. The Morgan fingerprint density at radius 3 is 2.80 bits per heavy atom. The average molecular weight is 277 g/mol. The third kappa shape index (κ3) is 3.17. The molecule has 1 aromatic heterocycles. The molecule has 1 aromatic rings. The molecule has 4 nitrogen and oxygen atoms in total. The van der Waals surface area contributed by atoms with Crippen LogP contribution in [0, 0.1) is 5.92 Å². The van der Waals surface area contributed by atoms with Gasteiger partial charge in [0.05, 0.1) is 5.69 Å². The first-order valence-electron chi connectivity index (χ1n) is 7.79. The number of rotatable bonds is 3. The zero-order valence-corrected chi connectivity index (χ0v) is 12.9. The van der Waals surface area contributed by atoms with Crippen LogP contribution in [-0.4, -0.2) is 28.5 Å². The molecule has 2 N–H and O–H groups in total. The summed E-state index contributed by atoms with van der Waals surface area (Å²) >= 11 is 0. The van der Waals surface area contributed by atoms with Crippen molar-refractivity contribution in [2.45, 2.75) is 52.5 Å². The van der Waals surface area contributed by atoms with Crippen molar-refractivity contribution in [2.75, 3.05) is 18.8 Å². The van der Waals surface area contributed by atoms with Gasteiger partial charge >= 0.3 is 0 Å². The van der Waals surface area contributed by atoms with Gasteiger partial charge in [0, 0.05) is 25.3 Å². The molecule has 2 heterocycles. The zero-order chi connectivity index (χ0) is 14.7. The largest absolute Gasteiger partial charge is 0.397 e. The van der Waals surface area contributed by atoms with Gasteiger partial charge in [-0.05, 0) is 45.1 Å². The van der Waals surface area contributed by atoms with Crippen molar-refractivity contribution >= 4 is 11.6 Å². The first-order chi connectivity index (χ1) is 9.52. The second kappa shape index (κ2) is 6.33. The summed E-state index contributed by atoms with van der Waals surface area (Å²) in [5.74, 6) is 0.905. The number of anilines is 1. The fraction of sp³-hybridized carbons (Fsp3) is 0.688. The number of nitrogens with two attached hydrogens (primary N) is 1. The first kappa shape index (κ1) is 14.9. The van der Waals surface area contributed by atoms with Crippen LogP contribution in [0.2, 0.25) is 0 Å². The van der Waals surface area contributed by atoms with Gasteiger partial charge in [-0.25, -0.2) is 0 Å². The monoisotopic (exact) mass is 277 g/mol. The van der Waals surface area contributed by atoms with Crippen LogP contribution in [0.4, 0.5) is 5.69 Å². The molecule has 1 aliphatic rings. The lowest BCUT2D eigenvalue weighted by atomic mass is 9.98. The molecule has 1 atom stereocenters. The molecule has 1 aliphatic heterocycles. The van der Waals surface area contributed by atoms with E-state index >= 15 is 0 Å². The van der Waals surface area contributed by atoms with Gasteiger partial charge in [0.1, 0.15) is 5.69 Å². The Hall–Kier alpha value is -1.45. The second-order valence-corrected chi connectivity index (χ2v) is 6.16. The maximum absolute atomic E-state index is 12.7. The number of hydrogen-bond acceptors (Lipinski definition) is 2. The molecule has 0 radical (unpaired) electrons. The number of hydrogen-bond donors (Lipinski definition) is 1. The highest BCUT2D eigenvalue weighted by atomic mass is 16.2. The molecule has 4 heteroatoms. The number of amides is 1. The third-order valence-electron chi connectivity index (χ3n) is 4.36. The zero-order valence-electron chi connectivity index (χ0n) is 12.9. The molecule has 0 bridgehead atoms. The van der Waals surface area contributed by atoms with Gasteiger partial charge in [-0.1, -0.05) is 13.3 Å². The highest BCUT2D eigenvalue weighted by Gasteiger charge is 2.23. The van der Waals surface area contributed by atoms with Crippen molar-refractivity contribution in [2.24, 2.45) is 5.92 Å². The van der Waals surface area contributed by atoms with E-state index in [0.29, 0.717) is 5.69 Å². The Labute approximate surface area is 121 Å². The smallest absolute Gasteiger partial charge is 0.270 e. The lowest BCUT2D eigenvalue weighted by Gasteiger charge is -2.22. The molecular formula is C16H27N3O. The number of nitrogens with zero attached hydrogens (tertiary/aromatic N) is 2. The van der Waals surface area contributed by atoms with Crippen LogP contribution < -0.4 is 5.73 Å². The van der Waals surface area contributed by atoms with Crippen molar-refractivity contribution in [3.63, 3.8) is 0 Å². The summed E-state index contributed by atoms with van der Waals surface area (Å²) in [4.78, 5) is 14.7. The van der Waals surface area contributed by atoms with Gasteiger partial charge in [-0.3, -0.25) is 4.79 Å². The first-order valence-corrected chi connectivity index (χ1v) is 7.79. The van der Waals surface area contributed by atoms with E-state index in [-0.39, 0.29) is 11.9 Å². The van der Waals surface area contributed by atoms with Gasteiger partial charge in [0.2, 0.25) is 0 Å². The summed E-state index contributed by atoms with van der Waals surface area (Å²) in [6, 6.07) is 2.06. The van der Waals surface area contributed by atoms with E-state index < -0.39 is 0 Å². The van der Waals surface area contributed by atoms with Gasteiger partial charge in [0.25, 0.3) is 5.91 Å². The Bertz CT molecular complexity index is 464. The molecule has 1 fully saturated rings. The molecule has 1 amide bonds. The number of carbonyl (C=O) groups excluding carboxylic acids is 1. The van der Waals surface area contributed by atoms with Crippen molar-refractivity contribution in [3.05, 3.63) is 18.0 Å². The molecule has 1 saturated heterocycles. The maximum Gasteiger partial charge on any atom is 0.270 e. The van der Waals surface area contributed by atoms with Crippen molar-refractivity contribution in [1.82, 2.24) is 9.47 Å². The van der Waals surface area contributed by atoms with Gasteiger partial charge in [-0.2, -0.15) is 0 Å². The SMILES string of the molecule is CCC1CCCN(C(=O)c2cc(N)cn2C(C)C)CC1. The second-order valence-electron chi connectivity index (χ2n) is 6.16. The van der Waals surface area contributed by atoms with Gasteiger partial charge in [0.15, 0.2) is 0 Å². The molecule has 20 heavy (non-hydrogen) atoms. The maximum atomic E-state index is 12.7. The third-order valence-corrected chi connectivity index (χ3v) is 4.36. The minimum Gasteiger partial charge on any atom is -0.397 e. The molecule has 1 unspecified atom stereocenters. The molecule has 0 saturated carbocycles. The molecular weight excluding hydrogens is 250 g/mol. The van der Waals surface area contributed by atoms with E-state index in [1.54, 1.807) is 0 Å². The summed E-state index contributed by atoms with van der Waals surface area (Å²) < 4.78 is 1.99. The van der Waals surface area contributed by atoms with Gasteiger partial charge < -0.3 is 15.2 Å². The van der Waals surface area contributed by atoms with Crippen LogP contribution in [0.15, 0.2) is 12.3 Å². The van der Waals surface area contributed by atoms with E-state index in [1.165, 1.54) is 12.8 Å². The fourth-order valence-electron chi connectivity index (χ4n) is 3.04. The van der Waals surface area contributed by atoms with Crippen LogP contribution in [0.25, 0.3) is 0 Å². The number of aromatic nitrogens is 1. The van der Waals surface area contributed by atoms with E-state index in [0.717, 1.165) is 37.5 Å². The lowest BCUT2D eigenvalue weighted by Crippen LogP contribution is -2.33. The summed E-state index contributed by atoms with van der Waals surface area (Å²) in [5, 5.41) is 0. The standard InChI is InChI=1S/C16H27N3O/c1-4-13-6-5-8-18(9-7-13)16(20)15-10-14(17)11-19(15)12(2)3/h10-13H,4-9,17H2,1-3H3. The van der Waals surface area contributed by atoms with Crippen molar-refractivity contribution in [3.8, 4) is 0 Å². The quantitative estimate of drug-likeness (QED) is 0.921. The molecule has 112 valence electrons.